The van der Waals surface area contributed by atoms with E-state index in [2.05, 4.69) is 12.2 Å². The number of hydrogen-bond acceptors (Lipinski definition) is 3. The average molecular weight is 364 g/mol. The predicted molar refractivity (Wildman–Crippen MR) is 108 cm³/mol. The average Bonchev–Trinajstić information content (AvgIpc) is 2.64. The highest BCUT2D eigenvalue weighted by Crippen LogP contribution is 2.16. The number of rotatable bonds is 16. The van der Waals surface area contributed by atoms with Gasteiger partial charge < -0.3 is 15.2 Å². The summed E-state index contributed by atoms with van der Waals surface area (Å²) in [5.41, 5.74) is 0. The van der Waals surface area contributed by atoms with Gasteiger partial charge in [-0.1, -0.05) is 58.3 Å². The monoisotopic (exact) mass is 363 g/mol. The molecule has 148 valence electrons. The molecule has 1 amide bonds. The molecule has 0 unspecified atom stereocenters. The van der Waals surface area contributed by atoms with Gasteiger partial charge in [0.25, 0.3) is 0 Å². The Bertz CT molecular complexity index is 459. The number of phenols is 1. The van der Waals surface area contributed by atoms with Crippen LogP contribution in [0.2, 0.25) is 0 Å². The van der Waals surface area contributed by atoms with E-state index in [0.717, 1.165) is 44.4 Å². The zero-order valence-corrected chi connectivity index (χ0v) is 16.5. The number of amides is 1. The normalized spacial score (nSPS) is 10.7. The molecule has 0 aliphatic rings. The molecular formula is C22H37NO3. The highest BCUT2D eigenvalue weighted by molar-refractivity contribution is 5.75. The lowest BCUT2D eigenvalue weighted by molar-refractivity contribution is -0.121. The summed E-state index contributed by atoms with van der Waals surface area (Å²) in [7, 11) is 0. The van der Waals surface area contributed by atoms with Crippen molar-refractivity contribution in [3.8, 4) is 11.5 Å². The fraction of sp³-hybridized carbons (Fsp3) is 0.682. The van der Waals surface area contributed by atoms with Gasteiger partial charge in [0.05, 0.1) is 6.61 Å². The van der Waals surface area contributed by atoms with E-state index in [1.807, 2.05) is 0 Å². The summed E-state index contributed by atoms with van der Waals surface area (Å²) >= 11 is 0. The van der Waals surface area contributed by atoms with Crippen LogP contribution < -0.4 is 10.1 Å². The van der Waals surface area contributed by atoms with E-state index in [0.29, 0.717) is 13.0 Å². The van der Waals surface area contributed by atoms with E-state index in [9.17, 15) is 9.90 Å². The zero-order chi connectivity index (χ0) is 18.9. The van der Waals surface area contributed by atoms with Gasteiger partial charge in [0.15, 0.2) is 0 Å². The van der Waals surface area contributed by atoms with Crippen molar-refractivity contribution in [2.75, 3.05) is 13.2 Å². The fourth-order valence-electron chi connectivity index (χ4n) is 2.87. The minimum atomic E-state index is 0.203. The summed E-state index contributed by atoms with van der Waals surface area (Å²) in [4.78, 5) is 11.7. The van der Waals surface area contributed by atoms with Gasteiger partial charge in [-0.3, -0.25) is 4.79 Å². The van der Waals surface area contributed by atoms with Crippen molar-refractivity contribution in [1.29, 1.82) is 0 Å². The highest BCUT2D eigenvalue weighted by Gasteiger charge is 2.00. The van der Waals surface area contributed by atoms with E-state index >= 15 is 0 Å². The lowest BCUT2D eigenvalue weighted by Crippen LogP contribution is -2.23. The van der Waals surface area contributed by atoms with Gasteiger partial charge >= 0.3 is 0 Å². The molecule has 0 aliphatic carbocycles. The number of aromatic hydroxyl groups is 1. The fourth-order valence-corrected chi connectivity index (χ4v) is 2.87. The van der Waals surface area contributed by atoms with Crippen LogP contribution in [0, 0.1) is 0 Å². The summed E-state index contributed by atoms with van der Waals surface area (Å²) in [6.45, 7) is 3.71. The third-order valence-corrected chi connectivity index (χ3v) is 4.51. The molecule has 0 heterocycles. The zero-order valence-electron chi connectivity index (χ0n) is 16.5. The molecule has 0 saturated carbocycles. The summed E-state index contributed by atoms with van der Waals surface area (Å²) in [6.07, 6.45) is 13.7. The van der Waals surface area contributed by atoms with Crippen LogP contribution in [0.25, 0.3) is 0 Å². The topological polar surface area (TPSA) is 58.6 Å². The molecule has 0 aromatic heterocycles. The molecule has 26 heavy (non-hydrogen) atoms. The number of benzene rings is 1. The maximum Gasteiger partial charge on any atom is 0.219 e. The quantitative estimate of drug-likeness (QED) is 0.376. The second kappa shape index (κ2) is 15.5. The third-order valence-electron chi connectivity index (χ3n) is 4.51. The minimum Gasteiger partial charge on any atom is -0.508 e. The first-order valence-corrected chi connectivity index (χ1v) is 10.4. The van der Waals surface area contributed by atoms with Crippen molar-refractivity contribution in [2.24, 2.45) is 0 Å². The van der Waals surface area contributed by atoms with E-state index in [4.69, 9.17) is 4.74 Å². The number of carbonyl (C=O) groups excluding carboxylic acids is 1. The Balaban J connectivity index is 1.83. The number of nitrogens with one attached hydrogen (secondary N) is 1. The summed E-state index contributed by atoms with van der Waals surface area (Å²) in [5.74, 6) is 1.25. The molecule has 0 spiro atoms. The molecular weight excluding hydrogens is 326 g/mol. The van der Waals surface area contributed by atoms with Crippen LogP contribution in [-0.4, -0.2) is 24.2 Å². The van der Waals surface area contributed by atoms with Gasteiger partial charge in [0.2, 0.25) is 5.91 Å². The number of phenolic OH excluding ortho intramolecular Hbond substituents is 1. The Morgan fingerprint density at radius 1 is 0.885 bits per heavy atom. The summed E-state index contributed by atoms with van der Waals surface area (Å²) < 4.78 is 5.61. The van der Waals surface area contributed by atoms with E-state index in [-0.39, 0.29) is 11.7 Å². The first-order chi connectivity index (χ1) is 12.7. The Morgan fingerprint density at radius 3 is 2.23 bits per heavy atom. The Morgan fingerprint density at radius 2 is 1.50 bits per heavy atom. The van der Waals surface area contributed by atoms with Gasteiger partial charge in [-0.25, -0.2) is 0 Å². The maximum atomic E-state index is 11.7. The summed E-state index contributed by atoms with van der Waals surface area (Å²) in [6, 6.07) is 6.81. The van der Waals surface area contributed by atoms with Crippen molar-refractivity contribution < 1.29 is 14.6 Å². The van der Waals surface area contributed by atoms with E-state index in [1.165, 1.54) is 38.5 Å². The highest BCUT2D eigenvalue weighted by atomic mass is 16.5. The predicted octanol–water partition coefficient (Wildman–Crippen LogP) is 5.59. The number of ether oxygens (including phenoxy) is 1. The van der Waals surface area contributed by atoms with Gasteiger partial charge in [-0.2, -0.15) is 0 Å². The van der Waals surface area contributed by atoms with Crippen molar-refractivity contribution in [2.45, 2.75) is 84.0 Å². The molecule has 2 N–H and O–H groups in total. The van der Waals surface area contributed by atoms with Crippen LogP contribution >= 0.6 is 0 Å². The van der Waals surface area contributed by atoms with Crippen molar-refractivity contribution in [3.05, 3.63) is 24.3 Å². The summed E-state index contributed by atoms with van der Waals surface area (Å²) in [5, 5.41) is 12.2. The lowest BCUT2D eigenvalue weighted by atomic mass is 10.1. The third kappa shape index (κ3) is 12.6. The van der Waals surface area contributed by atoms with Crippen LogP contribution in [0.4, 0.5) is 0 Å². The van der Waals surface area contributed by atoms with Crippen LogP contribution in [0.5, 0.6) is 11.5 Å². The van der Waals surface area contributed by atoms with Crippen molar-refractivity contribution in [1.82, 2.24) is 5.32 Å². The molecule has 0 fully saturated rings. The largest absolute Gasteiger partial charge is 0.508 e. The smallest absolute Gasteiger partial charge is 0.219 e. The molecule has 0 aliphatic heterocycles. The molecule has 1 aromatic rings. The Kier molecular flexibility index (Phi) is 13.3. The van der Waals surface area contributed by atoms with E-state index < -0.39 is 0 Å². The van der Waals surface area contributed by atoms with Crippen molar-refractivity contribution in [3.63, 3.8) is 0 Å². The van der Waals surface area contributed by atoms with Crippen LogP contribution in [0.3, 0.4) is 0 Å². The van der Waals surface area contributed by atoms with Gasteiger partial charge in [0, 0.05) is 13.0 Å². The molecule has 0 atom stereocenters. The molecule has 0 saturated heterocycles. The molecule has 1 aromatic carbocycles. The molecule has 0 bridgehead atoms. The number of unbranched alkanes of at least 4 members (excludes halogenated alkanes) is 9. The van der Waals surface area contributed by atoms with Crippen LogP contribution in [0.1, 0.15) is 84.0 Å². The first kappa shape index (κ1) is 22.3. The van der Waals surface area contributed by atoms with Gasteiger partial charge in [0.1, 0.15) is 11.5 Å². The molecule has 0 radical (unpaired) electrons. The Hall–Kier alpha value is -1.71. The Labute approximate surface area is 159 Å². The minimum absolute atomic E-state index is 0.203. The SMILES string of the molecule is CCCCCCCCCC(=O)NCCCCCCOc1ccc(O)cc1. The van der Waals surface area contributed by atoms with Crippen LogP contribution in [-0.2, 0) is 4.79 Å². The molecule has 4 nitrogen and oxygen atoms in total. The van der Waals surface area contributed by atoms with E-state index in [1.54, 1.807) is 24.3 Å². The molecule has 1 rings (SSSR count). The van der Waals surface area contributed by atoms with Crippen molar-refractivity contribution >= 4 is 5.91 Å². The second-order valence-corrected chi connectivity index (χ2v) is 6.98. The van der Waals surface area contributed by atoms with Gasteiger partial charge in [-0.15, -0.1) is 0 Å². The molecule has 4 heteroatoms. The number of hydrogen-bond donors (Lipinski definition) is 2. The second-order valence-electron chi connectivity index (χ2n) is 6.98. The standard InChI is InChI=1S/C22H37NO3/c1-2-3-4-5-6-7-10-13-22(25)23-18-11-8-9-12-19-26-21-16-14-20(24)15-17-21/h14-17,24H,2-13,18-19H2,1H3,(H,23,25). The number of carbonyl (C=O) groups is 1. The van der Waals surface area contributed by atoms with Gasteiger partial charge in [-0.05, 0) is 43.5 Å². The maximum absolute atomic E-state index is 11.7. The lowest BCUT2D eigenvalue weighted by Gasteiger charge is -2.07. The first-order valence-electron chi connectivity index (χ1n) is 10.4. The van der Waals surface area contributed by atoms with Crippen LogP contribution in [0.15, 0.2) is 24.3 Å².